The van der Waals surface area contributed by atoms with Gasteiger partial charge in [-0.25, -0.2) is 0 Å². The molecule has 0 saturated heterocycles. The molecule has 0 radical (unpaired) electrons. The molecule has 2 fully saturated rings. The standard InChI is InChI=1S/C19H21ClIN3O/c1-2-17(23-19(25)11-3-5-12(20)6-4-11)18-15-7-14(8-16(15)18)24-10-13(21)9-22-24/h3-6,9-10,14-18H,2,7-8H2,1H3,(H,23,25)/t14?,15-,16+,17-,18?/m1/s1. The molecule has 1 amide bonds. The molecule has 2 aliphatic carbocycles. The third kappa shape index (κ3) is 3.45. The van der Waals surface area contributed by atoms with Gasteiger partial charge in [0.05, 0.1) is 15.8 Å². The number of rotatable bonds is 5. The van der Waals surface area contributed by atoms with Crippen LogP contribution in [-0.4, -0.2) is 21.7 Å². The molecule has 4 rings (SSSR count). The topological polar surface area (TPSA) is 46.9 Å². The van der Waals surface area contributed by atoms with Crippen molar-refractivity contribution in [3.8, 4) is 0 Å². The summed E-state index contributed by atoms with van der Waals surface area (Å²) in [5.74, 6) is 2.07. The van der Waals surface area contributed by atoms with Gasteiger partial charge in [-0.15, -0.1) is 0 Å². The third-order valence-corrected chi connectivity index (χ3v) is 6.57. The lowest BCUT2D eigenvalue weighted by atomic mass is 9.99. The summed E-state index contributed by atoms with van der Waals surface area (Å²) in [7, 11) is 0. The SMILES string of the molecule is CC[C@@H](NC(=O)c1ccc(Cl)cc1)C1[C@H]2CC(n3cc(I)cn3)C[C@@H]12. The molecule has 0 spiro atoms. The number of halogens is 2. The summed E-state index contributed by atoms with van der Waals surface area (Å²) in [6.07, 6.45) is 7.38. The molecule has 2 unspecified atom stereocenters. The van der Waals surface area contributed by atoms with Crippen LogP contribution >= 0.6 is 34.2 Å². The molecule has 1 heterocycles. The number of hydrogen-bond acceptors (Lipinski definition) is 2. The second kappa shape index (κ2) is 6.91. The van der Waals surface area contributed by atoms with Crippen molar-refractivity contribution in [1.82, 2.24) is 15.1 Å². The van der Waals surface area contributed by atoms with Crippen LogP contribution in [0.2, 0.25) is 5.02 Å². The number of nitrogens with one attached hydrogen (secondary N) is 1. The number of carbonyl (C=O) groups is 1. The third-order valence-electron chi connectivity index (χ3n) is 5.76. The van der Waals surface area contributed by atoms with Crippen LogP contribution in [0.15, 0.2) is 36.7 Å². The molecule has 2 aromatic rings. The maximum atomic E-state index is 12.5. The number of nitrogens with zero attached hydrogens (tertiary/aromatic N) is 2. The fourth-order valence-electron chi connectivity index (χ4n) is 4.51. The predicted octanol–water partition coefficient (Wildman–Crippen LogP) is 4.55. The number of hydrogen-bond donors (Lipinski definition) is 1. The molecule has 2 aliphatic rings. The van der Waals surface area contributed by atoms with E-state index in [1.54, 1.807) is 24.3 Å². The van der Waals surface area contributed by atoms with Gasteiger partial charge in [-0.2, -0.15) is 5.10 Å². The number of amides is 1. The van der Waals surface area contributed by atoms with Gasteiger partial charge in [-0.05, 0) is 83.9 Å². The van der Waals surface area contributed by atoms with Gasteiger partial charge in [-0.1, -0.05) is 18.5 Å². The number of aromatic nitrogens is 2. The van der Waals surface area contributed by atoms with E-state index in [0.717, 1.165) is 18.3 Å². The molecular weight excluding hydrogens is 449 g/mol. The predicted molar refractivity (Wildman–Crippen MR) is 107 cm³/mol. The van der Waals surface area contributed by atoms with Crippen LogP contribution in [0.1, 0.15) is 42.6 Å². The molecule has 1 aromatic carbocycles. The van der Waals surface area contributed by atoms with Crippen molar-refractivity contribution in [2.45, 2.75) is 38.3 Å². The van der Waals surface area contributed by atoms with Crippen molar-refractivity contribution >= 4 is 40.1 Å². The van der Waals surface area contributed by atoms with Gasteiger partial charge < -0.3 is 5.32 Å². The second-order valence-electron chi connectivity index (χ2n) is 7.16. The number of fused-ring (bicyclic) bond motifs is 1. The zero-order valence-electron chi connectivity index (χ0n) is 14.0. The van der Waals surface area contributed by atoms with E-state index in [9.17, 15) is 4.79 Å². The van der Waals surface area contributed by atoms with Crippen LogP contribution in [0.3, 0.4) is 0 Å². The van der Waals surface area contributed by atoms with Gasteiger partial charge in [0.2, 0.25) is 0 Å². The Morgan fingerprint density at radius 1 is 1.36 bits per heavy atom. The Hall–Kier alpha value is -1.08. The van der Waals surface area contributed by atoms with E-state index in [1.165, 1.54) is 16.4 Å². The Balaban J connectivity index is 1.36. The van der Waals surface area contributed by atoms with Crippen LogP contribution < -0.4 is 5.32 Å². The van der Waals surface area contributed by atoms with E-state index in [-0.39, 0.29) is 11.9 Å². The lowest BCUT2D eigenvalue weighted by Gasteiger charge is -2.21. The van der Waals surface area contributed by atoms with Crippen molar-refractivity contribution in [3.05, 3.63) is 50.8 Å². The van der Waals surface area contributed by atoms with E-state index in [1.807, 2.05) is 6.20 Å². The largest absolute Gasteiger partial charge is 0.349 e. The first-order chi connectivity index (χ1) is 12.1. The maximum absolute atomic E-state index is 12.5. The smallest absolute Gasteiger partial charge is 0.251 e. The molecular formula is C19H21ClIN3O. The van der Waals surface area contributed by atoms with Crippen molar-refractivity contribution in [2.75, 3.05) is 0 Å². The van der Waals surface area contributed by atoms with Gasteiger partial charge in [0.25, 0.3) is 5.91 Å². The van der Waals surface area contributed by atoms with E-state index >= 15 is 0 Å². The molecule has 5 atom stereocenters. The lowest BCUT2D eigenvalue weighted by Crippen LogP contribution is -2.37. The second-order valence-corrected chi connectivity index (χ2v) is 8.85. The van der Waals surface area contributed by atoms with Crippen LogP contribution in [-0.2, 0) is 0 Å². The Bertz CT molecular complexity index is 763. The Morgan fingerprint density at radius 2 is 2.04 bits per heavy atom. The Labute approximate surface area is 166 Å². The summed E-state index contributed by atoms with van der Waals surface area (Å²) in [6, 6.07) is 7.88. The van der Waals surface area contributed by atoms with Crippen molar-refractivity contribution in [1.29, 1.82) is 0 Å². The summed E-state index contributed by atoms with van der Waals surface area (Å²) < 4.78 is 3.31. The minimum absolute atomic E-state index is 0.00618. The summed E-state index contributed by atoms with van der Waals surface area (Å²) in [6.45, 7) is 2.16. The first-order valence-corrected chi connectivity index (χ1v) is 10.3. The first kappa shape index (κ1) is 17.3. The zero-order chi connectivity index (χ0) is 17.6. The monoisotopic (exact) mass is 469 g/mol. The van der Waals surface area contributed by atoms with Gasteiger partial charge in [0, 0.05) is 22.8 Å². The average molecular weight is 470 g/mol. The minimum Gasteiger partial charge on any atom is -0.349 e. The van der Waals surface area contributed by atoms with Gasteiger partial charge >= 0.3 is 0 Å². The molecule has 0 bridgehead atoms. The molecule has 0 aliphatic heterocycles. The highest BCUT2D eigenvalue weighted by Crippen LogP contribution is 2.62. The molecule has 25 heavy (non-hydrogen) atoms. The molecule has 1 aromatic heterocycles. The minimum atomic E-state index is 0.00618. The fraction of sp³-hybridized carbons (Fsp3) is 0.474. The van der Waals surface area contributed by atoms with E-state index < -0.39 is 0 Å². The molecule has 4 nitrogen and oxygen atoms in total. The van der Waals surface area contributed by atoms with Gasteiger partial charge in [0.1, 0.15) is 0 Å². The first-order valence-electron chi connectivity index (χ1n) is 8.83. The Morgan fingerprint density at radius 3 is 2.60 bits per heavy atom. The number of benzene rings is 1. The fourth-order valence-corrected chi connectivity index (χ4v) is 5.05. The van der Waals surface area contributed by atoms with Crippen molar-refractivity contribution in [3.63, 3.8) is 0 Å². The summed E-state index contributed by atoms with van der Waals surface area (Å²) in [5, 5.41) is 8.37. The quantitative estimate of drug-likeness (QED) is 0.653. The normalized spacial score (nSPS) is 28.4. The molecule has 6 heteroatoms. The maximum Gasteiger partial charge on any atom is 0.251 e. The van der Waals surface area contributed by atoms with Gasteiger partial charge in [0.15, 0.2) is 0 Å². The van der Waals surface area contributed by atoms with Crippen LogP contribution in [0.4, 0.5) is 0 Å². The van der Waals surface area contributed by atoms with Crippen LogP contribution in [0.5, 0.6) is 0 Å². The van der Waals surface area contributed by atoms with E-state index in [2.05, 4.69) is 50.8 Å². The molecule has 2 saturated carbocycles. The van der Waals surface area contributed by atoms with Crippen molar-refractivity contribution in [2.24, 2.45) is 17.8 Å². The summed E-state index contributed by atoms with van der Waals surface area (Å²) in [5.41, 5.74) is 0.678. The Kier molecular flexibility index (Phi) is 4.79. The highest BCUT2D eigenvalue weighted by Gasteiger charge is 2.59. The highest BCUT2D eigenvalue weighted by atomic mass is 127. The molecule has 132 valence electrons. The van der Waals surface area contributed by atoms with E-state index in [0.29, 0.717) is 22.5 Å². The summed E-state index contributed by atoms with van der Waals surface area (Å²) >= 11 is 8.21. The van der Waals surface area contributed by atoms with Crippen LogP contribution in [0.25, 0.3) is 0 Å². The van der Waals surface area contributed by atoms with Crippen molar-refractivity contribution < 1.29 is 4.79 Å². The van der Waals surface area contributed by atoms with Gasteiger partial charge in [-0.3, -0.25) is 9.48 Å². The molecule has 1 N–H and O–H groups in total. The van der Waals surface area contributed by atoms with E-state index in [4.69, 9.17) is 11.6 Å². The summed E-state index contributed by atoms with van der Waals surface area (Å²) in [4.78, 5) is 12.5. The lowest BCUT2D eigenvalue weighted by molar-refractivity contribution is 0.0926. The average Bonchev–Trinajstić information content (AvgIpc) is 2.95. The van der Waals surface area contributed by atoms with Crippen LogP contribution in [0, 0.1) is 21.3 Å². The highest BCUT2D eigenvalue weighted by molar-refractivity contribution is 14.1. The zero-order valence-corrected chi connectivity index (χ0v) is 16.9. The number of carbonyl (C=O) groups excluding carboxylic acids is 1.